The standard InChI is InChI=1S/C16H20N6O2/c1-11-17-12(2)22(19-11)9-13-4-3-6-21(8-13)16-18-15(24-20-16)14-5-7-23-10-14/h5,7,10,13H,3-4,6,8-9H2,1-2H3/t13-/m1/s1. The molecular formula is C16H20N6O2. The molecule has 0 spiro atoms. The number of furan rings is 1. The first kappa shape index (κ1) is 14.9. The zero-order valence-electron chi connectivity index (χ0n) is 13.8. The van der Waals surface area contributed by atoms with Gasteiger partial charge >= 0.3 is 0 Å². The van der Waals surface area contributed by atoms with Gasteiger partial charge in [0.1, 0.15) is 17.9 Å². The molecule has 3 aromatic heterocycles. The molecule has 0 aliphatic carbocycles. The van der Waals surface area contributed by atoms with E-state index in [2.05, 4.69) is 25.1 Å². The minimum Gasteiger partial charge on any atom is -0.472 e. The van der Waals surface area contributed by atoms with Crippen LogP contribution in [-0.2, 0) is 6.54 Å². The van der Waals surface area contributed by atoms with Crippen molar-refractivity contribution < 1.29 is 8.94 Å². The molecule has 0 amide bonds. The topological polar surface area (TPSA) is 86.0 Å². The van der Waals surface area contributed by atoms with Gasteiger partial charge in [-0.15, -0.1) is 0 Å². The van der Waals surface area contributed by atoms with Crippen LogP contribution in [0.15, 0.2) is 27.5 Å². The molecule has 8 nitrogen and oxygen atoms in total. The maximum absolute atomic E-state index is 5.35. The Balaban J connectivity index is 1.46. The van der Waals surface area contributed by atoms with Crippen LogP contribution in [0.25, 0.3) is 11.5 Å². The van der Waals surface area contributed by atoms with Gasteiger partial charge in [-0.05, 0) is 43.8 Å². The molecule has 24 heavy (non-hydrogen) atoms. The summed E-state index contributed by atoms with van der Waals surface area (Å²) >= 11 is 0. The van der Waals surface area contributed by atoms with Gasteiger partial charge in [0.25, 0.3) is 11.8 Å². The van der Waals surface area contributed by atoms with Crippen molar-refractivity contribution in [2.45, 2.75) is 33.2 Å². The minimum atomic E-state index is 0.489. The van der Waals surface area contributed by atoms with Crippen LogP contribution >= 0.6 is 0 Å². The van der Waals surface area contributed by atoms with Crippen LogP contribution in [0.5, 0.6) is 0 Å². The molecule has 0 N–H and O–H groups in total. The number of nitrogens with zero attached hydrogens (tertiary/aromatic N) is 6. The number of piperidine rings is 1. The van der Waals surface area contributed by atoms with Gasteiger partial charge in [-0.3, -0.25) is 0 Å². The van der Waals surface area contributed by atoms with E-state index in [4.69, 9.17) is 8.94 Å². The molecule has 0 unspecified atom stereocenters. The van der Waals surface area contributed by atoms with E-state index < -0.39 is 0 Å². The van der Waals surface area contributed by atoms with Crippen LogP contribution < -0.4 is 4.90 Å². The van der Waals surface area contributed by atoms with Crippen LogP contribution in [-0.4, -0.2) is 38.0 Å². The van der Waals surface area contributed by atoms with Crippen molar-refractivity contribution in [1.29, 1.82) is 0 Å². The first-order chi connectivity index (χ1) is 11.7. The van der Waals surface area contributed by atoms with Gasteiger partial charge in [-0.1, -0.05) is 0 Å². The fourth-order valence-electron chi connectivity index (χ4n) is 3.22. The maximum atomic E-state index is 5.35. The predicted molar refractivity (Wildman–Crippen MR) is 86.4 cm³/mol. The smallest absolute Gasteiger partial charge is 0.266 e. The van der Waals surface area contributed by atoms with Crippen molar-refractivity contribution in [2.75, 3.05) is 18.0 Å². The monoisotopic (exact) mass is 328 g/mol. The van der Waals surface area contributed by atoms with Crippen molar-refractivity contribution in [3.05, 3.63) is 30.2 Å². The Morgan fingerprint density at radius 3 is 2.96 bits per heavy atom. The maximum Gasteiger partial charge on any atom is 0.266 e. The number of anilines is 1. The van der Waals surface area contributed by atoms with Crippen LogP contribution in [0.4, 0.5) is 5.95 Å². The molecule has 126 valence electrons. The summed E-state index contributed by atoms with van der Waals surface area (Å²) in [5, 5.41) is 8.59. The number of rotatable bonds is 4. The van der Waals surface area contributed by atoms with Crippen molar-refractivity contribution in [1.82, 2.24) is 24.9 Å². The summed E-state index contributed by atoms with van der Waals surface area (Å²) in [7, 11) is 0. The van der Waals surface area contributed by atoms with E-state index in [-0.39, 0.29) is 0 Å². The lowest BCUT2D eigenvalue weighted by Gasteiger charge is -2.31. The molecule has 1 fully saturated rings. The molecule has 3 aromatic rings. The van der Waals surface area contributed by atoms with Crippen molar-refractivity contribution in [2.24, 2.45) is 5.92 Å². The summed E-state index contributed by atoms with van der Waals surface area (Å²) in [5.74, 6) is 3.41. The van der Waals surface area contributed by atoms with Gasteiger partial charge in [0.15, 0.2) is 0 Å². The van der Waals surface area contributed by atoms with Crippen molar-refractivity contribution in [3.8, 4) is 11.5 Å². The van der Waals surface area contributed by atoms with Gasteiger partial charge in [0, 0.05) is 19.6 Å². The van der Waals surface area contributed by atoms with Crippen molar-refractivity contribution >= 4 is 5.95 Å². The number of hydrogen-bond donors (Lipinski definition) is 0. The third-order valence-corrected chi connectivity index (χ3v) is 4.38. The van der Waals surface area contributed by atoms with Crippen LogP contribution in [0.1, 0.15) is 24.5 Å². The van der Waals surface area contributed by atoms with Gasteiger partial charge in [-0.2, -0.15) is 10.1 Å². The average Bonchev–Trinajstić information content (AvgIpc) is 3.29. The molecule has 4 rings (SSSR count). The molecule has 0 saturated carbocycles. The van der Waals surface area contributed by atoms with Gasteiger partial charge < -0.3 is 13.8 Å². The van der Waals surface area contributed by atoms with E-state index in [1.807, 2.05) is 24.6 Å². The number of aryl methyl sites for hydroxylation is 2. The molecule has 0 bridgehead atoms. The molecule has 1 atom stereocenters. The molecule has 0 aromatic carbocycles. The summed E-state index contributed by atoms with van der Waals surface area (Å²) in [6.07, 6.45) is 5.47. The fourth-order valence-corrected chi connectivity index (χ4v) is 3.22. The third-order valence-electron chi connectivity index (χ3n) is 4.38. The van der Waals surface area contributed by atoms with E-state index in [9.17, 15) is 0 Å². The fraction of sp³-hybridized carbons (Fsp3) is 0.500. The Morgan fingerprint density at radius 1 is 1.29 bits per heavy atom. The highest BCUT2D eigenvalue weighted by Gasteiger charge is 2.25. The highest BCUT2D eigenvalue weighted by Crippen LogP contribution is 2.25. The Hall–Kier alpha value is -2.64. The highest BCUT2D eigenvalue weighted by molar-refractivity contribution is 5.52. The van der Waals surface area contributed by atoms with E-state index in [1.165, 1.54) is 6.42 Å². The molecule has 1 aliphatic heterocycles. The lowest BCUT2D eigenvalue weighted by molar-refractivity contribution is 0.342. The Bertz CT molecular complexity index is 807. The molecule has 0 radical (unpaired) electrons. The molecule has 4 heterocycles. The average molecular weight is 328 g/mol. The lowest BCUT2D eigenvalue weighted by atomic mass is 9.98. The summed E-state index contributed by atoms with van der Waals surface area (Å²) in [6.45, 7) is 6.62. The SMILES string of the molecule is Cc1nc(C)n(C[C@@H]2CCCN(c3noc(-c4ccoc4)n3)C2)n1. The Kier molecular flexibility index (Phi) is 3.79. The summed E-state index contributed by atoms with van der Waals surface area (Å²) in [6, 6.07) is 1.81. The first-order valence-electron chi connectivity index (χ1n) is 8.18. The second-order valence-corrected chi connectivity index (χ2v) is 6.25. The summed E-state index contributed by atoms with van der Waals surface area (Å²) < 4.78 is 12.4. The second-order valence-electron chi connectivity index (χ2n) is 6.25. The minimum absolute atomic E-state index is 0.489. The van der Waals surface area contributed by atoms with E-state index in [0.29, 0.717) is 17.8 Å². The molecule has 8 heteroatoms. The van der Waals surface area contributed by atoms with Crippen LogP contribution in [0.3, 0.4) is 0 Å². The van der Waals surface area contributed by atoms with Crippen LogP contribution in [0, 0.1) is 19.8 Å². The summed E-state index contributed by atoms with van der Waals surface area (Å²) in [5.41, 5.74) is 0.802. The summed E-state index contributed by atoms with van der Waals surface area (Å²) in [4.78, 5) is 11.0. The quantitative estimate of drug-likeness (QED) is 0.727. The van der Waals surface area contributed by atoms with Gasteiger partial charge in [-0.25, -0.2) is 9.67 Å². The van der Waals surface area contributed by atoms with Crippen LogP contribution in [0.2, 0.25) is 0 Å². The zero-order valence-corrected chi connectivity index (χ0v) is 13.8. The Morgan fingerprint density at radius 2 is 2.21 bits per heavy atom. The molecule has 1 saturated heterocycles. The normalized spacial score (nSPS) is 18.2. The van der Waals surface area contributed by atoms with Crippen molar-refractivity contribution in [3.63, 3.8) is 0 Å². The molecule has 1 aliphatic rings. The van der Waals surface area contributed by atoms with Gasteiger partial charge in [0.05, 0.1) is 11.8 Å². The highest BCUT2D eigenvalue weighted by atomic mass is 16.5. The van der Waals surface area contributed by atoms with E-state index in [0.717, 1.165) is 43.3 Å². The molecular weight excluding hydrogens is 308 g/mol. The second kappa shape index (κ2) is 6.10. The largest absolute Gasteiger partial charge is 0.472 e. The number of hydrogen-bond acceptors (Lipinski definition) is 7. The number of aromatic nitrogens is 5. The first-order valence-corrected chi connectivity index (χ1v) is 8.18. The predicted octanol–water partition coefficient (Wildman–Crippen LogP) is 2.45. The van der Waals surface area contributed by atoms with E-state index >= 15 is 0 Å². The van der Waals surface area contributed by atoms with Gasteiger partial charge in [0.2, 0.25) is 0 Å². The third kappa shape index (κ3) is 2.91. The Labute approximate surface area is 139 Å². The lowest BCUT2D eigenvalue weighted by Crippen LogP contribution is -2.38. The van der Waals surface area contributed by atoms with E-state index in [1.54, 1.807) is 12.5 Å². The zero-order chi connectivity index (χ0) is 16.5.